The van der Waals surface area contributed by atoms with Crippen LogP contribution in [0.4, 0.5) is 5.82 Å². The molecule has 1 aliphatic rings. The Bertz CT molecular complexity index is 1180. The Labute approximate surface area is 207 Å². The Kier molecular flexibility index (Phi) is 7.70. The molecule has 1 aromatic carbocycles. The zero-order chi connectivity index (χ0) is 24.1. The minimum absolute atomic E-state index is 0.306. The fraction of sp³-hybridized carbons (Fsp3) is 0.333. The van der Waals surface area contributed by atoms with E-state index in [0.29, 0.717) is 27.7 Å². The largest absolute Gasteiger partial charge is 0.481 e. The van der Waals surface area contributed by atoms with Crippen LogP contribution in [0.1, 0.15) is 52.5 Å². The molecule has 1 atom stereocenters. The van der Waals surface area contributed by atoms with Crippen molar-refractivity contribution in [1.29, 1.82) is 0 Å². The van der Waals surface area contributed by atoms with Crippen molar-refractivity contribution in [1.82, 2.24) is 20.1 Å². The van der Waals surface area contributed by atoms with E-state index in [2.05, 4.69) is 27.9 Å². The number of nitrogens with zero attached hydrogens (tertiary/aromatic N) is 3. The average Bonchev–Trinajstić information content (AvgIpc) is 3.27. The molecule has 178 valence electrons. The van der Waals surface area contributed by atoms with Crippen molar-refractivity contribution in [3.8, 4) is 0 Å². The smallest absolute Gasteiger partial charge is 0.305 e. The number of carboxylic acid groups (broad SMARTS) is 1. The Morgan fingerprint density at radius 2 is 2.00 bits per heavy atom. The predicted octanol–water partition coefficient (Wildman–Crippen LogP) is 4.52. The van der Waals surface area contributed by atoms with Gasteiger partial charge in [-0.25, -0.2) is 4.98 Å². The fourth-order valence-corrected chi connectivity index (χ4v) is 4.52. The Morgan fingerprint density at radius 1 is 1.21 bits per heavy atom. The zero-order valence-corrected chi connectivity index (χ0v) is 19.9. The second-order valence-electron chi connectivity index (χ2n) is 8.26. The highest BCUT2D eigenvalue weighted by Crippen LogP contribution is 2.26. The van der Waals surface area contributed by atoms with Gasteiger partial charge in [0.2, 0.25) is 0 Å². The van der Waals surface area contributed by atoms with Crippen LogP contribution in [0.3, 0.4) is 0 Å². The summed E-state index contributed by atoms with van der Waals surface area (Å²) in [7, 11) is 0. The predicted molar refractivity (Wildman–Crippen MR) is 131 cm³/mol. The van der Waals surface area contributed by atoms with E-state index in [0.717, 1.165) is 43.7 Å². The number of hydrogen-bond acceptors (Lipinski definition) is 5. The van der Waals surface area contributed by atoms with Gasteiger partial charge in [0.15, 0.2) is 0 Å². The molecule has 10 heteroatoms. The highest BCUT2D eigenvalue weighted by Gasteiger charge is 2.21. The lowest BCUT2D eigenvalue weighted by molar-refractivity contribution is -0.137. The summed E-state index contributed by atoms with van der Waals surface area (Å²) in [5.74, 6) is -0.488. The molecule has 0 bridgehead atoms. The number of aliphatic carboxylic acids is 1. The van der Waals surface area contributed by atoms with Crippen LogP contribution in [-0.4, -0.2) is 38.3 Å². The van der Waals surface area contributed by atoms with E-state index in [-0.39, 0.29) is 6.42 Å². The normalized spacial score (nSPS) is 13.6. The van der Waals surface area contributed by atoms with Crippen molar-refractivity contribution in [3.05, 3.63) is 75.2 Å². The van der Waals surface area contributed by atoms with Gasteiger partial charge in [-0.1, -0.05) is 29.3 Å². The van der Waals surface area contributed by atoms with E-state index >= 15 is 0 Å². The summed E-state index contributed by atoms with van der Waals surface area (Å²) < 4.78 is 1.70. The van der Waals surface area contributed by atoms with E-state index in [9.17, 15) is 14.7 Å². The van der Waals surface area contributed by atoms with E-state index in [1.165, 1.54) is 11.8 Å². The first-order chi connectivity index (χ1) is 16.4. The highest BCUT2D eigenvalue weighted by molar-refractivity contribution is 6.34. The number of aromatic nitrogens is 3. The van der Waals surface area contributed by atoms with Crippen LogP contribution in [0.5, 0.6) is 0 Å². The van der Waals surface area contributed by atoms with Gasteiger partial charge in [-0.3, -0.25) is 14.3 Å². The monoisotopic (exact) mass is 501 g/mol. The Morgan fingerprint density at radius 3 is 2.76 bits per heavy atom. The quantitative estimate of drug-likeness (QED) is 0.397. The van der Waals surface area contributed by atoms with Crippen LogP contribution >= 0.6 is 23.2 Å². The van der Waals surface area contributed by atoms with Crippen molar-refractivity contribution >= 4 is 40.9 Å². The first-order valence-electron chi connectivity index (χ1n) is 11.1. The molecule has 0 fully saturated rings. The average molecular weight is 502 g/mol. The lowest BCUT2D eigenvalue weighted by atomic mass is 10.0. The number of hydrogen-bond donors (Lipinski definition) is 3. The molecule has 4 rings (SSSR count). The van der Waals surface area contributed by atoms with E-state index in [4.69, 9.17) is 28.2 Å². The zero-order valence-electron chi connectivity index (χ0n) is 18.4. The van der Waals surface area contributed by atoms with E-state index in [1.54, 1.807) is 29.1 Å². The number of anilines is 1. The Balaban J connectivity index is 1.35. The van der Waals surface area contributed by atoms with E-state index < -0.39 is 17.9 Å². The third-order valence-electron chi connectivity index (χ3n) is 5.64. The summed E-state index contributed by atoms with van der Waals surface area (Å²) in [5, 5.41) is 20.4. The van der Waals surface area contributed by atoms with Crippen molar-refractivity contribution in [3.63, 3.8) is 0 Å². The number of nitrogens with one attached hydrogen (secondary N) is 2. The molecule has 1 amide bonds. The molecule has 3 N–H and O–H groups in total. The summed E-state index contributed by atoms with van der Waals surface area (Å²) in [6.07, 6.45) is 6.63. The number of aryl methyl sites for hydroxylation is 3. The molecular weight excluding hydrogens is 477 g/mol. The number of halogens is 2. The number of carboxylic acids is 1. The highest BCUT2D eigenvalue weighted by atomic mass is 35.5. The number of benzene rings is 1. The molecule has 2 aromatic heterocycles. The third kappa shape index (κ3) is 6.27. The fourth-order valence-electron chi connectivity index (χ4n) is 3.98. The molecule has 0 spiro atoms. The number of rotatable bonds is 9. The SMILES string of the molecule is O=C(O)CC(NC(=O)c1cnn(CCCc2ccc3c(n2)NCCC3)c1)c1cc(Cl)cc(Cl)c1. The molecular formula is C24H25Cl2N5O3. The summed E-state index contributed by atoms with van der Waals surface area (Å²) in [6.45, 7) is 1.58. The number of fused-ring (bicyclic) bond motifs is 1. The van der Waals surface area contributed by atoms with Crippen molar-refractivity contribution in [2.45, 2.75) is 44.7 Å². The second kappa shape index (κ2) is 10.9. The maximum absolute atomic E-state index is 12.8. The molecule has 0 saturated carbocycles. The molecule has 0 radical (unpaired) electrons. The molecule has 34 heavy (non-hydrogen) atoms. The van der Waals surface area contributed by atoms with Crippen LogP contribution in [0.2, 0.25) is 10.0 Å². The van der Waals surface area contributed by atoms with Crippen LogP contribution in [-0.2, 0) is 24.2 Å². The number of amides is 1. The minimum atomic E-state index is -1.05. The third-order valence-corrected chi connectivity index (χ3v) is 6.08. The minimum Gasteiger partial charge on any atom is -0.481 e. The molecule has 3 heterocycles. The maximum atomic E-state index is 12.8. The summed E-state index contributed by atoms with van der Waals surface area (Å²) in [5.41, 5.74) is 3.15. The summed E-state index contributed by atoms with van der Waals surface area (Å²) >= 11 is 12.1. The van der Waals surface area contributed by atoms with Crippen LogP contribution in [0, 0.1) is 0 Å². The van der Waals surface area contributed by atoms with Gasteiger partial charge in [-0.2, -0.15) is 5.10 Å². The van der Waals surface area contributed by atoms with Gasteiger partial charge in [-0.05, 0) is 61.1 Å². The standard InChI is InChI=1S/C24H25Cl2N5O3/c25-18-9-16(10-19(26)11-18)21(12-22(32)33)30-24(34)17-13-28-31(14-17)8-2-4-20-6-5-15-3-1-7-27-23(15)29-20/h5-6,9-11,13-14,21H,1-4,7-8,12H2,(H,27,29)(H,30,34)(H,32,33). The first kappa shape index (κ1) is 24.0. The molecule has 1 aliphatic heterocycles. The van der Waals surface area contributed by atoms with Gasteiger partial charge in [0.1, 0.15) is 5.82 Å². The van der Waals surface area contributed by atoms with Crippen molar-refractivity contribution in [2.75, 3.05) is 11.9 Å². The van der Waals surface area contributed by atoms with Crippen molar-refractivity contribution in [2.24, 2.45) is 0 Å². The van der Waals surface area contributed by atoms with Gasteiger partial charge in [0.25, 0.3) is 5.91 Å². The van der Waals surface area contributed by atoms with Gasteiger partial charge in [0, 0.05) is 35.0 Å². The molecule has 3 aromatic rings. The van der Waals surface area contributed by atoms with Crippen LogP contribution < -0.4 is 10.6 Å². The Hall–Kier alpha value is -3.10. The number of carbonyl (C=O) groups excluding carboxylic acids is 1. The van der Waals surface area contributed by atoms with Gasteiger partial charge in [-0.15, -0.1) is 0 Å². The first-order valence-corrected chi connectivity index (χ1v) is 11.9. The van der Waals surface area contributed by atoms with Gasteiger partial charge in [0.05, 0.1) is 24.2 Å². The molecule has 0 aliphatic carbocycles. The molecule has 1 unspecified atom stereocenters. The van der Waals surface area contributed by atoms with Crippen molar-refractivity contribution < 1.29 is 14.7 Å². The van der Waals surface area contributed by atoms with Crippen LogP contribution in [0.15, 0.2) is 42.7 Å². The lowest BCUT2D eigenvalue weighted by Crippen LogP contribution is -2.30. The lowest BCUT2D eigenvalue weighted by Gasteiger charge is -2.17. The van der Waals surface area contributed by atoms with Gasteiger partial charge >= 0.3 is 5.97 Å². The summed E-state index contributed by atoms with van der Waals surface area (Å²) in [6, 6.07) is 8.16. The maximum Gasteiger partial charge on any atom is 0.305 e. The molecule has 0 saturated heterocycles. The number of carbonyl (C=O) groups is 2. The van der Waals surface area contributed by atoms with Crippen LogP contribution in [0.25, 0.3) is 0 Å². The summed E-state index contributed by atoms with van der Waals surface area (Å²) in [4.78, 5) is 28.8. The number of pyridine rings is 1. The second-order valence-corrected chi connectivity index (χ2v) is 9.14. The molecule has 8 nitrogen and oxygen atoms in total. The topological polar surface area (TPSA) is 109 Å². The van der Waals surface area contributed by atoms with Gasteiger partial charge < -0.3 is 15.7 Å². The van der Waals surface area contributed by atoms with E-state index in [1.807, 2.05) is 0 Å².